The van der Waals surface area contributed by atoms with E-state index in [1.807, 2.05) is 21.1 Å². The lowest BCUT2D eigenvalue weighted by atomic mass is 9.84. The van der Waals surface area contributed by atoms with E-state index < -0.39 is 0 Å². The quantitative estimate of drug-likeness (QED) is 0.543. The monoisotopic (exact) mass is 425 g/mol. The van der Waals surface area contributed by atoms with E-state index in [1.165, 1.54) is 18.4 Å². The van der Waals surface area contributed by atoms with E-state index in [0.717, 1.165) is 51.0 Å². The molecule has 4 rings (SSSR count). The van der Waals surface area contributed by atoms with Crippen LogP contribution < -0.4 is 10.6 Å². The van der Waals surface area contributed by atoms with Crippen LogP contribution in [0.4, 0.5) is 0 Å². The summed E-state index contributed by atoms with van der Waals surface area (Å²) >= 11 is 0. The van der Waals surface area contributed by atoms with E-state index in [-0.39, 0.29) is 11.3 Å². The number of rotatable bonds is 6. The zero-order valence-corrected chi connectivity index (χ0v) is 19.4. The maximum Gasteiger partial charge on any atom is 0.230 e. The van der Waals surface area contributed by atoms with E-state index in [4.69, 9.17) is 0 Å². The predicted molar refractivity (Wildman–Crippen MR) is 126 cm³/mol. The van der Waals surface area contributed by atoms with Crippen molar-refractivity contribution in [1.29, 1.82) is 0 Å². The maximum atomic E-state index is 12.9. The van der Waals surface area contributed by atoms with Crippen molar-refractivity contribution in [3.63, 3.8) is 0 Å². The fraction of sp³-hybridized carbons (Fsp3) is 0.680. The van der Waals surface area contributed by atoms with Crippen molar-refractivity contribution >= 4 is 11.9 Å². The number of guanidine groups is 1. The molecule has 2 N–H and O–H groups in total. The molecule has 31 heavy (non-hydrogen) atoms. The van der Waals surface area contributed by atoms with Crippen LogP contribution in [0.2, 0.25) is 0 Å². The molecule has 170 valence electrons. The lowest BCUT2D eigenvalue weighted by molar-refractivity contribution is -0.138. The van der Waals surface area contributed by atoms with Crippen LogP contribution in [0.25, 0.3) is 0 Å². The average Bonchev–Trinajstić information content (AvgIpc) is 3.34. The number of hydrogen-bond acceptors (Lipinski definition) is 3. The molecule has 1 saturated carbocycles. The van der Waals surface area contributed by atoms with Crippen molar-refractivity contribution in [1.82, 2.24) is 20.4 Å². The smallest absolute Gasteiger partial charge is 0.230 e. The Bertz CT molecular complexity index is 757. The van der Waals surface area contributed by atoms with E-state index in [1.54, 1.807) is 4.90 Å². The van der Waals surface area contributed by atoms with Crippen molar-refractivity contribution in [2.24, 2.45) is 10.4 Å². The minimum absolute atomic E-state index is 0.250. The molecule has 1 amide bonds. The largest absolute Gasteiger partial charge is 0.355 e. The van der Waals surface area contributed by atoms with Crippen LogP contribution in [0.1, 0.15) is 56.9 Å². The zero-order valence-electron chi connectivity index (χ0n) is 19.4. The summed E-state index contributed by atoms with van der Waals surface area (Å²) in [6, 6.07) is 12.6. The van der Waals surface area contributed by atoms with E-state index in [0.29, 0.717) is 24.7 Å². The van der Waals surface area contributed by atoms with Gasteiger partial charge in [-0.2, -0.15) is 0 Å². The van der Waals surface area contributed by atoms with Crippen molar-refractivity contribution < 1.29 is 4.79 Å². The Labute approximate surface area is 187 Å². The Kier molecular flexibility index (Phi) is 6.85. The minimum Gasteiger partial charge on any atom is -0.355 e. The maximum absolute atomic E-state index is 12.9. The highest BCUT2D eigenvalue weighted by atomic mass is 16.2. The summed E-state index contributed by atoms with van der Waals surface area (Å²) in [5.74, 6) is 1.10. The molecule has 1 aromatic rings. The molecule has 6 heteroatoms. The Morgan fingerprint density at radius 2 is 1.77 bits per heavy atom. The van der Waals surface area contributed by atoms with Crippen LogP contribution in [-0.2, 0) is 11.3 Å². The minimum atomic E-state index is -0.279. The lowest BCUT2D eigenvalue weighted by Crippen LogP contribution is -2.54. The average molecular weight is 426 g/mol. The van der Waals surface area contributed by atoms with Crippen molar-refractivity contribution in [2.45, 2.75) is 76.0 Å². The molecule has 2 aliphatic heterocycles. The summed E-state index contributed by atoms with van der Waals surface area (Å²) in [6.07, 6.45) is 9.11. The Morgan fingerprint density at radius 3 is 2.35 bits per heavy atom. The van der Waals surface area contributed by atoms with E-state index >= 15 is 0 Å². The second kappa shape index (κ2) is 9.60. The van der Waals surface area contributed by atoms with Crippen LogP contribution in [0, 0.1) is 5.41 Å². The number of nitrogens with one attached hydrogen (secondary N) is 2. The molecule has 2 heterocycles. The topological polar surface area (TPSA) is 60.0 Å². The predicted octanol–water partition coefficient (Wildman–Crippen LogP) is 3.00. The number of piperidine rings is 1. The van der Waals surface area contributed by atoms with Crippen LogP contribution in [0.15, 0.2) is 35.3 Å². The second-order valence-corrected chi connectivity index (χ2v) is 9.97. The van der Waals surface area contributed by atoms with Crippen LogP contribution >= 0.6 is 0 Å². The van der Waals surface area contributed by atoms with Gasteiger partial charge >= 0.3 is 0 Å². The zero-order chi connectivity index (χ0) is 21.8. The molecule has 2 bridgehead atoms. The first-order valence-corrected chi connectivity index (χ1v) is 12.0. The van der Waals surface area contributed by atoms with Gasteiger partial charge in [-0.15, -0.1) is 0 Å². The highest BCUT2D eigenvalue weighted by molar-refractivity contribution is 5.85. The highest BCUT2D eigenvalue weighted by Gasteiger charge is 2.43. The molecule has 2 unspecified atom stereocenters. The van der Waals surface area contributed by atoms with Gasteiger partial charge in [-0.3, -0.25) is 14.7 Å². The summed E-state index contributed by atoms with van der Waals surface area (Å²) in [6.45, 7) is 1.73. The highest BCUT2D eigenvalue weighted by Crippen LogP contribution is 2.39. The summed E-state index contributed by atoms with van der Waals surface area (Å²) < 4.78 is 0. The van der Waals surface area contributed by atoms with Crippen molar-refractivity contribution in [2.75, 3.05) is 27.7 Å². The number of amides is 1. The SMILES string of the molecule is CN=C(NCC1(C(=O)N(C)C)CCCC1)NC1CC2CCC(C1)N2Cc1ccccc1. The first kappa shape index (κ1) is 22.1. The van der Waals surface area contributed by atoms with Crippen LogP contribution in [-0.4, -0.2) is 67.5 Å². The Morgan fingerprint density at radius 1 is 1.13 bits per heavy atom. The number of hydrogen-bond donors (Lipinski definition) is 2. The third-order valence-electron chi connectivity index (χ3n) is 7.67. The molecule has 2 saturated heterocycles. The second-order valence-electron chi connectivity index (χ2n) is 9.97. The van der Waals surface area contributed by atoms with Gasteiger partial charge < -0.3 is 15.5 Å². The Balaban J connectivity index is 1.32. The number of nitrogens with zero attached hydrogens (tertiary/aromatic N) is 3. The number of fused-ring (bicyclic) bond motifs is 2. The van der Waals surface area contributed by atoms with Gasteiger partial charge in [-0.1, -0.05) is 43.2 Å². The standard InChI is InChI=1S/C25H39N5O/c1-26-24(27-18-25(13-7-8-14-25)23(31)29(2)3)28-20-15-21-11-12-22(16-20)30(21)17-19-9-5-4-6-10-19/h4-6,9-10,20-22H,7-8,11-18H2,1-3H3,(H2,26,27,28). The number of carbonyl (C=O) groups is 1. The molecule has 3 aliphatic rings. The molecule has 3 fully saturated rings. The van der Waals surface area contributed by atoms with Gasteiger partial charge in [0, 0.05) is 52.4 Å². The summed E-state index contributed by atoms with van der Waals surface area (Å²) in [4.78, 5) is 21.8. The number of aliphatic imine (C=N–C) groups is 1. The molecule has 0 radical (unpaired) electrons. The van der Waals surface area contributed by atoms with E-state index in [2.05, 4.69) is 50.9 Å². The molecular weight excluding hydrogens is 386 g/mol. The van der Waals surface area contributed by atoms with Gasteiger partial charge in [0.1, 0.15) is 0 Å². The third-order valence-corrected chi connectivity index (χ3v) is 7.67. The Hall–Kier alpha value is -2.08. The van der Waals surface area contributed by atoms with Gasteiger partial charge in [-0.25, -0.2) is 0 Å². The molecule has 0 spiro atoms. The van der Waals surface area contributed by atoms with Crippen molar-refractivity contribution in [3.05, 3.63) is 35.9 Å². The van der Waals surface area contributed by atoms with Gasteiger partial charge in [0.15, 0.2) is 5.96 Å². The first-order chi connectivity index (χ1) is 15.0. The van der Waals surface area contributed by atoms with Gasteiger partial charge in [-0.05, 0) is 44.1 Å². The summed E-state index contributed by atoms with van der Waals surface area (Å²) in [7, 11) is 5.58. The molecule has 6 nitrogen and oxygen atoms in total. The fourth-order valence-electron chi connectivity index (χ4n) is 6.08. The summed E-state index contributed by atoms with van der Waals surface area (Å²) in [5, 5.41) is 7.20. The summed E-state index contributed by atoms with van der Waals surface area (Å²) in [5.41, 5.74) is 1.13. The normalized spacial score (nSPS) is 27.8. The van der Waals surface area contributed by atoms with Crippen molar-refractivity contribution in [3.8, 4) is 0 Å². The number of carbonyl (C=O) groups excluding carboxylic acids is 1. The number of benzene rings is 1. The molecule has 2 atom stereocenters. The molecule has 1 aliphatic carbocycles. The van der Waals surface area contributed by atoms with Gasteiger partial charge in [0.2, 0.25) is 5.91 Å². The lowest BCUT2D eigenvalue weighted by Gasteiger charge is -2.40. The molecule has 0 aromatic heterocycles. The fourth-order valence-corrected chi connectivity index (χ4v) is 6.08. The first-order valence-electron chi connectivity index (χ1n) is 12.0. The van der Waals surface area contributed by atoms with E-state index in [9.17, 15) is 4.79 Å². The molecule has 1 aromatic carbocycles. The van der Waals surface area contributed by atoms with Crippen LogP contribution in [0.3, 0.4) is 0 Å². The third kappa shape index (κ3) is 4.89. The van der Waals surface area contributed by atoms with Crippen LogP contribution in [0.5, 0.6) is 0 Å². The van der Waals surface area contributed by atoms with Gasteiger partial charge in [0.25, 0.3) is 0 Å². The van der Waals surface area contributed by atoms with Gasteiger partial charge in [0.05, 0.1) is 5.41 Å². The molecular formula is C25H39N5O.